The molecular weight excluding hydrogens is 196 g/mol. The van der Waals surface area contributed by atoms with Crippen molar-refractivity contribution in [2.45, 2.75) is 13.8 Å². The topological polar surface area (TPSA) is 26.3 Å². The molecular formula is C11H10O2S. The van der Waals surface area contributed by atoms with Crippen LogP contribution in [0.2, 0.25) is 0 Å². The monoisotopic (exact) mass is 206 g/mol. The molecule has 1 heterocycles. The molecule has 0 radical (unpaired) electrons. The normalized spacial score (nSPS) is 10.4. The summed E-state index contributed by atoms with van der Waals surface area (Å²) in [7, 11) is 0. The Morgan fingerprint density at radius 1 is 1.43 bits per heavy atom. The number of carbonyl (C=O) groups is 1. The van der Waals surface area contributed by atoms with Crippen molar-refractivity contribution in [3.05, 3.63) is 29.1 Å². The lowest BCUT2D eigenvalue weighted by Crippen LogP contribution is -2.01. The molecule has 0 spiro atoms. The van der Waals surface area contributed by atoms with Crippen molar-refractivity contribution in [1.29, 1.82) is 0 Å². The number of hydrogen-bond acceptors (Lipinski definition) is 3. The van der Waals surface area contributed by atoms with Gasteiger partial charge in [-0.2, -0.15) is 0 Å². The fourth-order valence-corrected chi connectivity index (χ4v) is 2.41. The predicted molar refractivity (Wildman–Crippen MR) is 57.9 cm³/mol. The van der Waals surface area contributed by atoms with Crippen LogP contribution in [0, 0.1) is 6.92 Å². The van der Waals surface area contributed by atoms with Gasteiger partial charge in [-0.05, 0) is 30.0 Å². The third kappa shape index (κ3) is 1.51. The summed E-state index contributed by atoms with van der Waals surface area (Å²) in [5, 5.41) is 3.12. The van der Waals surface area contributed by atoms with Crippen LogP contribution in [0.4, 0.5) is 0 Å². The van der Waals surface area contributed by atoms with E-state index < -0.39 is 0 Å². The Hall–Kier alpha value is -1.35. The highest BCUT2D eigenvalue weighted by Crippen LogP contribution is 2.33. The quantitative estimate of drug-likeness (QED) is 0.529. The summed E-state index contributed by atoms with van der Waals surface area (Å²) in [4.78, 5) is 10.9. The summed E-state index contributed by atoms with van der Waals surface area (Å²) in [5.41, 5.74) is 1.15. The molecule has 0 unspecified atom stereocenters. The highest BCUT2D eigenvalue weighted by molar-refractivity contribution is 7.17. The summed E-state index contributed by atoms with van der Waals surface area (Å²) in [6.07, 6.45) is 0. The van der Waals surface area contributed by atoms with E-state index in [1.807, 2.05) is 25.1 Å². The smallest absolute Gasteiger partial charge is 0.308 e. The maximum absolute atomic E-state index is 10.9. The fraction of sp³-hybridized carbons (Fsp3) is 0.182. The summed E-state index contributed by atoms with van der Waals surface area (Å²) < 4.78 is 6.29. The van der Waals surface area contributed by atoms with Gasteiger partial charge >= 0.3 is 5.97 Å². The first kappa shape index (κ1) is 9.21. The first-order valence-corrected chi connectivity index (χ1v) is 5.21. The minimum absolute atomic E-state index is 0.275. The van der Waals surface area contributed by atoms with Crippen molar-refractivity contribution in [1.82, 2.24) is 0 Å². The molecule has 2 rings (SSSR count). The van der Waals surface area contributed by atoms with Crippen LogP contribution in [0.5, 0.6) is 5.75 Å². The number of hydrogen-bond donors (Lipinski definition) is 0. The van der Waals surface area contributed by atoms with Crippen LogP contribution in [0.1, 0.15) is 12.5 Å². The lowest BCUT2D eigenvalue weighted by atomic mass is 10.2. The molecule has 3 heteroatoms. The number of esters is 1. The molecule has 2 aromatic rings. The lowest BCUT2D eigenvalue weighted by molar-refractivity contribution is -0.131. The molecule has 0 amide bonds. The number of carbonyl (C=O) groups excluding carboxylic acids is 1. The average Bonchev–Trinajstić information content (AvgIpc) is 2.48. The van der Waals surface area contributed by atoms with E-state index in [4.69, 9.17) is 4.74 Å². The Labute approximate surface area is 86.1 Å². The van der Waals surface area contributed by atoms with Crippen molar-refractivity contribution in [2.75, 3.05) is 0 Å². The van der Waals surface area contributed by atoms with E-state index >= 15 is 0 Å². The molecule has 0 aliphatic rings. The van der Waals surface area contributed by atoms with E-state index in [1.54, 1.807) is 11.3 Å². The van der Waals surface area contributed by atoms with Gasteiger partial charge in [0, 0.05) is 17.0 Å². The van der Waals surface area contributed by atoms with Crippen molar-refractivity contribution in [3.63, 3.8) is 0 Å². The van der Waals surface area contributed by atoms with E-state index in [1.165, 1.54) is 6.92 Å². The first-order chi connectivity index (χ1) is 6.68. The van der Waals surface area contributed by atoms with E-state index in [-0.39, 0.29) is 5.97 Å². The van der Waals surface area contributed by atoms with E-state index in [2.05, 4.69) is 5.38 Å². The Kier molecular flexibility index (Phi) is 2.25. The standard InChI is InChI=1S/C11H10O2S/c1-7-6-14-10-5-3-4-9(11(7)10)13-8(2)12/h3-6H,1-2H3. The number of thiophene rings is 1. The van der Waals surface area contributed by atoms with Crippen LogP contribution in [0.15, 0.2) is 23.6 Å². The summed E-state index contributed by atoms with van der Waals surface area (Å²) >= 11 is 1.66. The van der Waals surface area contributed by atoms with Gasteiger partial charge in [-0.1, -0.05) is 6.07 Å². The van der Waals surface area contributed by atoms with Gasteiger partial charge in [0.25, 0.3) is 0 Å². The van der Waals surface area contributed by atoms with Crippen LogP contribution < -0.4 is 4.74 Å². The maximum Gasteiger partial charge on any atom is 0.308 e. The Bertz CT molecular complexity index is 485. The van der Waals surface area contributed by atoms with E-state index in [0.717, 1.165) is 15.6 Å². The van der Waals surface area contributed by atoms with Crippen molar-refractivity contribution in [3.8, 4) is 5.75 Å². The number of ether oxygens (including phenoxy) is 1. The molecule has 0 bridgehead atoms. The molecule has 0 saturated heterocycles. The number of fused-ring (bicyclic) bond motifs is 1. The Morgan fingerprint density at radius 2 is 2.21 bits per heavy atom. The molecule has 0 aliphatic heterocycles. The van der Waals surface area contributed by atoms with Gasteiger partial charge < -0.3 is 4.74 Å². The molecule has 0 aliphatic carbocycles. The molecule has 2 nitrogen and oxygen atoms in total. The molecule has 72 valence electrons. The number of rotatable bonds is 1. The van der Waals surface area contributed by atoms with Gasteiger partial charge in [-0.25, -0.2) is 0 Å². The second-order valence-corrected chi connectivity index (χ2v) is 4.05. The van der Waals surface area contributed by atoms with Crippen molar-refractivity contribution >= 4 is 27.4 Å². The molecule has 1 aromatic heterocycles. The Morgan fingerprint density at radius 3 is 2.93 bits per heavy atom. The molecule has 0 saturated carbocycles. The SMILES string of the molecule is CC(=O)Oc1cccc2scc(C)c12. The highest BCUT2D eigenvalue weighted by atomic mass is 32.1. The maximum atomic E-state index is 10.9. The minimum Gasteiger partial charge on any atom is -0.426 e. The van der Waals surface area contributed by atoms with E-state index in [0.29, 0.717) is 5.75 Å². The second-order valence-electron chi connectivity index (χ2n) is 3.14. The van der Waals surface area contributed by atoms with Crippen LogP contribution >= 0.6 is 11.3 Å². The van der Waals surface area contributed by atoms with Crippen LogP contribution in [0.25, 0.3) is 10.1 Å². The van der Waals surface area contributed by atoms with Crippen LogP contribution in [-0.2, 0) is 4.79 Å². The molecule has 0 fully saturated rings. The minimum atomic E-state index is -0.275. The van der Waals surface area contributed by atoms with Gasteiger partial charge in [-0.3, -0.25) is 4.79 Å². The zero-order valence-corrected chi connectivity index (χ0v) is 8.85. The van der Waals surface area contributed by atoms with E-state index in [9.17, 15) is 4.79 Å². The molecule has 0 atom stereocenters. The van der Waals surface area contributed by atoms with Crippen LogP contribution in [0.3, 0.4) is 0 Å². The van der Waals surface area contributed by atoms with Gasteiger partial charge in [0.05, 0.1) is 0 Å². The second kappa shape index (κ2) is 3.42. The van der Waals surface area contributed by atoms with Crippen LogP contribution in [-0.4, -0.2) is 5.97 Å². The Balaban J connectivity index is 2.63. The highest BCUT2D eigenvalue weighted by Gasteiger charge is 2.07. The van der Waals surface area contributed by atoms with Gasteiger partial charge in [0.2, 0.25) is 0 Å². The van der Waals surface area contributed by atoms with Crippen molar-refractivity contribution in [2.24, 2.45) is 0 Å². The third-order valence-electron chi connectivity index (χ3n) is 2.00. The number of benzene rings is 1. The van der Waals surface area contributed by atoms with Crippen molar-refractivity contribution < 1.29 is 9.53 Å². The predicted octanol–water partition coefficient (Wildman–Crippen LogP) is 3.14. The lowest BCUT2D eigenvalue weighted by Gasteiger charge is -2.03. The van der Waals surface area contributed by atoms with Gasteiger partial charge in [0.15, 0.2) is 0 Å². The zero-order chi connectivity index (χ0) is 10.1. The average molecular weight is 206 g/mol. The largest absolute Gasteiger partial charge is 0.426 e. The number of aryl methyl sites for hydroxylation is 1. The zero-order valence-electron chi connectivity index (χ0n) is 8.03. The molecule has 0 N–H and O–H groups in total. The molecule has 14 heavy (non-hydrogen) atoms. The summed E-state index contributed by atoms with van der Waals surface area (Å²) in [5.74, 6) is 0.386. The molecule has 1 aromatic carbocycles. The summed E-state index contributed by atoms with van der Waals surface area (Å²) in [6.45, 7) is 3.44. The fourth-order valence-electron chi connectivity index (χ4n) is 1.45. The van der Waals surface area contributed by atoms with Gasteiger partial charge in [0.1, 0.15) is 5.75 Å². The third-order valence-corrected chi connectivity index (χ3v) is 3.06. The summed E-state index contributed by atoms with van der Waals surface area (Å²) in [6, 6.07) is 5.75. The first-order valence-electron chi connectivity index (χ1n) is 4.33. The van der Waals surface area contributed by atoms with Gasteiger partial charge in [-0.15, -0.1) is 11.3 Å².